The lowest BCUT2D eigenvalue weighted by atomic mass is 10.3. The maximum atomic E-state index is 11.7. The molecule has 1 rings (SSSR count). The highest BCUT2D eigenvalue weighted by molar-refractivity contribution is 7.89. The SMILES string of the molecule is CC(CCl)CS(=O)(=O)NC(C)C(=O)NC1CC1. The van der Waals surface area contributed by atoms with Gasteiger partial charge in [-0.15, -0.1) is 11.6 Å². The van der Waals surface area contributed by atoms with E-state index in [2.05, 4.69) is 10.0 Å². The van der Waals surface area contributed by atoms with E-state index >= 15 is 0 Å². The first-order valence-electron chi connectivity index (χ1n) is 5.70. The molecule has 0 aromatic heterocycles. The van der Waals surface area contributed by atoms with E-state index in [1.165, 1.54) is 0 Å². The molecule has 1 amide bonds. The Bertz CT molecular complexity index is 368. The molecule has 2 N–H and O–H groups in total. The number of rotatable bonds is 7. The Balaban J connectivity index is 2.42. The highest BCUT2D eigenvalue weighted by Gasteiger charge is 2.27. The number of hydrogen-bond acceptors (Lipinski definition) is 3. The van der Waals surface area contributed by atoms with E-state index in [1.54, 1.807) is 13.8 Å². The molecule has 1 saturated carbocycles. The average Bonchev–Trinajstić information content (AvgIpc) is 2.99. The van der Waals surface area contributed by atoms with Crippen LogP contribution in [0.25, 0.3) is 0 Å². The number of hydrogen-bond donors (Lipinski definition) is 2. The molecule has 2 atom stereocenters. The summed E-state index contributed by atoms with van der Waals surface area (Å²) in [6.07, 6.45) is 1.96. The van der Waals surface area contributed by atoms with Crippen molar-refractivity contribution in [1.82, 2.24) is 10.0 Å². The van der Waals surface area contributed by atoms with Crippen molar-refractivity contribution in [2.75, 3.05) is 11.6 Å². The van der Waals surface area contributed by atoms with Crippen LogP contribution >= 0.6 is 11.6 Å². The van der Waals surface area contributed by atoms with Crippen LogP contribution in [-0.2, 0) is 14.8 Å². The second-order valence-electron chi connectivity index (χ2n) is 4.66. The molecule has 0 saturated heterocycles. The third-order valence-corrected chi connectivity index (χ3v) is 4.69. The lowest BCUT2D eigenvalue weighted by Gasteiger charge is -2.15. The van der Waals surface area contributed by atoms with Crippen LogP contribution in [0.15, 0.2) is 0 Å². The van der Waals surface area contributed by atoms with Crippen LogP contribution in [0.5, 0.6) is 0 Å². The molecule has 0 aliphatic heterocycles. The topological polar surface area (TPSA) is 75.3 Å². The summed E-state index contributed by atoms with van der Waals surface area (Å²) in [6, 6.07) is -0.501. The highest BCUT2D eigenvalue weighted by atomic mass is 35.5. The van der Waals surface area contributed by atoms with Crippen LogP contribution in [0.1, 0.15) is 26.7 Å². The molecule has 0 bridgehead atoms. The van der Waals surface area contributed by atoms with Gasteiger partial charge in [0.1, 0.15) is 0 Å². The first-order chi connectivity index (χ1) is 7.84. The maximum absolute atomic E-state index is 11.7. The molecule has 5 nitrogen and oxygen atoms in total. The number of carbonyl (C=O) groups is 1. The van der Waals surface area contributed by atoms with Gasteiger partial charge in [0.05, 0.1) is 11.8 Å². The van der Waals surface area contributed by atoms with Crippen LogP contribution in [0.3, 0.4) is 0 Å². The summed E-state index contributed by atoms with van der Waals surface area (Å²) in [4.78, 5) is 11.6. The summed E-state index contributed by atoms with van der Waals surface area (Å²) < 4.78 is 25.7. The maximum Gasteiger partial charge on any atom is 0.238 e. The molecule has 7 heteroatoms. The van der Waals surface area contributed by atoms with E-state index in [0.29, 0.717) is 0 Å². The van der Waals surface area contributed by atoms with Gasteiger partial charge in [-0.3, -0.25) is 4.79 Å². The van der Waals surface area contributed by atoms with E-state index in [9.17, 15) is 13.2 Å². The van der Waals surface area contributed by atoms with Crippen LogP contribution in [0, 0.1) is 5.92 Å². The van der Waals surface area contributed by atoms with Gasteiger partial charge >= 0.3 is 0 Å². The lowest BCUT2D eigenvalue weighted by molar-refractivity contribution is -0.122. The fraction of sp³-hybridized carbons (Fsp3) is 0.900. The second kappa shape index (κ2) is 6.02. The Morgan fingerprint density at radius 3 is 2.47 bits per heavy atom. The van der Waals surface area contributed by atoms with Crippen molar-refractivity contribution in [3.8, 4) is 0 Å². The van der Waals surface area contributed by atoms with Crippen LogP contribution in [-0.4, -0.2) is 38.0 Å². The predicted octanol–water partition coefficient (Wildman–Crippen LogP) is 0.448. The smallest absolute Gasteiger partial charge is 0.238 e. The third-order valence-electron chi connectivity index (χ3n) is 2.44. The zero-order valence-corrected chi connectivity index (χ0v) is 11.6. The molecule has 1 aliphatic carbocycles. The number of alkyl halides is 1. The van der Waals surface area contributed by atoms with Gasteiger partial charge in [0.2, 0.25) is 15.9 Å². The van der Waals surface area contributed by atoms with E-state index in [1.807, 2.05) is 0 Å². The van der Waals surface area contributed by atoms with E-state index in [0.717, 1.165) is 12.8 Å². The molecule has 1 aliphatic rings. The summed E-state index contributed by atoms with van der Waals surface area (Å²) in [7, 11) is -3.45. The number of amides is 1. The zero-order chi connectivity index (χ0) is 13.1. The van der Waals surface area contributed by atoms with Gasteiger partial charge < -0.3 is 5.32 Å². The molecular formula is C10H19ClN2O3S. The zero-order valence-electron chi connectivity index (χ0n) is 10.1. The number of halogens is 1. The van der Waals surface area contributed by atoms with Crippen molar-refractivity contribution in [3.05, 3.63) is 0 Å². The number of sulfonamides is 1. The minimum Gasteiger partial charge on any atom is -0.352 e. The van der Waals surface area contributed by atoms with Crippen molar-refractivity contribution < 1.29 is 13.2 Å². The van der Waals surface area contributed by atoms with Crippen molar-refractivity contribution in [2.24, 2.45) is 5.92 Å². The molecule has 0 spiro atoms. The molecule has 100 valence electrons. The fourth-order valence-electron chi connectivity index (χ4n) is 1.34. The summed E-state index contributed by atoms with van der Waals surface area (Å²) in [6.45, 7) is 3.29. The van der Waals surface area contributed by atoms with Crippen LogP contribution < -0.4 is 10.0 Å². The van der Waals surface area contributed by atoms with Gasteiger partial charge in [-0.25, -0.2) is 13.1 Å². The summed E-state index contributed by atoms with van der Waals surface area (Å²) in [5.41, 5.74) is 0. The summed E-state index contributed by atoms with van der Waals surface area (Å²) in [5, 5.41) is 2.75. The highest BCUT2D eigenvalue weighted by Crippen LogP contribution is 2.18. The number of nitrogens with one attached hydrogen (secondary N) is 2. The second-order valence-corrected chi connectivity index (χ2v) is 6.77. The van der Waals surface area contributed by atoms with Crippen LogP contribution in [0.4, 0.5) is 0 Å². The van der Waals surface area contributed by atoms with Gasteiger partial charge in [-0.1, -0.05) is 6.92 Å². The van der Waals surface area contributed by atoms with E-state index in [-0.39, 0.29) is 29.5 Å². The Morgan fingerprint density at radius 1 is 1.41 bits per heavy atom. The lowest BCUT2D eigenvalue weighted by Crippen LogP contribution is -2.46. The third kappa shape index (κ3) is 5.70. The molecule has 0 heterocycles. The summed E-state index contributed by atoms with van der Waals surface area (Å²) >= 11 is 5.56. The quantitative estimate of drug-likeness (QED) is 0.666. The largest absolute Gasteiger partial charge is 0.352 e. The molecule has 0 aromatic carbocycles. The van der Waals surface area contributed by atoms with Crippen molar-refractivity contribution in [1.29, 1.82) is 0 Å². The molecular weight excluding hydrogens is 264 g/mol. The Morgan fingerprint density at radius 2 is 2.00 bits per heavy atom. The van der Waals surface area contributed by atoms with E-state index in [4.69, 9.17) is 11.6 Å². The Labute approximate surface area is 107 Å². The fourth-order valence-corrected chi connectivity index (χ4v) is 3.19. The molecule has 1 fully saturated rings. The van der Waals surface area contributed by atoms with E-state index < -0.39 is 16.1 Å². The molecule has 2 unspecified atom stereocenters. The van der Waals surface area contributed by atoms with Gasteiger partial charge in [0.25, 0.3) is 0 Å². The first-order valence-corrected chi connectivity index (χ1v) is 7.89. The van der Waals surface area contributed by atoms with Gasteiger partial charge in [0.15, 0.2) is 0 Å². The van der Waals surface area contributed by atoms with Crippen molar-refractivity contribution in [3.63, 3.8) is 0 Å². The van der Waals surface area contributed by atoms with Crippen molar-refractivity contribution >= 4 is 27.5 Å². The standard InChI is InChI=1S/C10H19ClN2O3S/c1-7(5-11)6-17(15,16)13-8(2)10(14)12-9-3-4-9/h7-9,13H,3-6H2,1-2H3,(H,12,14). The van der Waals surface area contributed by atoms with Gasteiger partial charge in [0, 0.05) is 11.9 Å². The molecule has 17 heavy (non-hydrogen) atoms. The molecule has 0 aromatic rings. The normalized spacial score (nSPS) is 19.7. The first kappa shape index (κ1) is 14.7. The van der Waals surface area contributed by atoms with Gasteiger partial charge in [-0.2, -0.15) is 0 Å². The minimum atomic E-state index is -3.45. The Kier molecular flexibility index (Phi) is 5.22. The summed E-state index contributed by atoms with van der Waals surface area (Å²) in [5.74, 6) is -0.177. The molecule has 0 radical (unpaired) electrons. The predicted molar refractivity (Wildman–Crippen MR) is 67.4 cm³/mol. The van der Waals surface area contributed by atoms with Crippen molar-refractivity contribution in [2.45, 2.75) is 38.8 Å². The number of carbonyl (C=O) groups excluding carboxylic acids is 1. The average molecular weight is 283 g/mol. The van der Waals surface area contributed by atoms with Gasteiger partial charge in [-0.05, 0) is 25.7 Å². The van der Waals surface area contributed by atoms with Crippen LogP contribution in [0.2, 0.25) is 0 Å². The monoisotopic (exact) mass is 282 g/mol. The minimum absolute atomic E-state index is 0.0580. The Hall–Kier alpha value is -0.330.